The molecule has 2 N–H and O–H groups in total. The van der Waals surface area contributed by atoms with Gasteiger partial charge in [-0.2, -0.15) is 0 Å². The highest BCUT2D eigenvalue weighted by Gasteiger charge is 2.24. The summed E-state index contributed by atoms with van der Waals surface area (Å²) in [6.45, 7) is 3.91. The highest BCUT2D eigenvalue weighted by atomic mass is 35.5. The van der Waals surface area contributed by atoms with Gasteiger partial charge in [0.1, 0.15) is 0 Å². The minimum atomic E-state index is -0.372. The van der Waals surface area contributed by atoms with Gasteiger partial charge in [0, 0.05) is 10.6 Å². The van der Waals surface area contributed by atoms with Gasteiger partial charge in [-0.15, -0.1) is 0 Å². The van der Waals surface area contributed by atoms with Crippen molar-refractivity contribution in [1.29, 1.82) is 0 Å². The Labute approximate surface area is 140 Å². The maximum absolute atomic E-state index is 12.4. The first-order chi connectivity index (χ1) is 11.0. The molecule has 0 aliphatic heterocycles. The Bertz CT molecular complexity index is 669. The zero-order valence-electron chi connectivity index (χ0n) is 13.0. The SMILES string of the molecule is CC(C)[C@@H](C(=O)NNC(=O)c1ccccc1)c1ccc(Cl)cc1. The normalized spacial score (nSPS) is 11.8. The van der Waals surface area contributed by atoms with Crippen LogP contribution in [0.3, 0.4) is 0 Å². The van der Waals surface area contributed by atoms with E-state index < -0.39 is 0 Å². The molecule has 4 nitrogen and oxygen atoms in total. The standard InChI is InChI=1S/C18H19ClN2O2/c1-12(2)16(13-8-10-15(19)11-9-13)18(23)21-20-17(22)14-6-4-3-5-7-14/h3-12,16H,1-2H3,(H,20,22)(H,21,23)/t16-/m1/s1. The maximum atomic E-state index is 12.4. The summed E-state index contributed by atoms with van der Waals surface area (Å²) in [6.07, 6.45) is 0. The Morgan fingerprint density at radius 3 is 2.09 bits per heavy atom. The van der Waals surface area contributed by atoms with Gasteiger partial charge in [-0.1, -0.05) is 55.8 Å². The van der Waals surface area contributed by atoms with Gasteiger partial charge in [0.05, 0.1) is 5.92 Å². The number of benzene rings is 2. The Morgan fingerprint density at radius 2 is 1.52 bits per heavy atom. The second-order valence-corrected chi connectivity index (χ2v) is 6.02. The average molecular weight is 331 g/mol. The molecule has 2 aromatic rings. The molecular formula is C18H19ClN2O2. The third-order valence-electron chi connectivity index (χ3n) is 3.51. The number of hydrazine groups is 1. The van der Waals surface area contributed by atoms with Crippen molar-refractivity contribution < 1.29 is 9.59 Å². The van der Waals surface area contributed by atoms with E-state index in [2.05, 4.69) is 10.9 Å². The van der Waals surface area contributed by atoms with Gasteiger partial charge >= 0.3 is 0 Å². The van der Waals surface area contributed by atoms with Crippen molar-refractivity contribution in [3.05, 3.63) is 70.7 Å². The lowest BCUT2D eigenvalue weighted by Gasteiger charge is -2.21. The van der Waals surface area contributed by atoms with Crippen molar-refractivity contribution in [1.82, 2.24) is 10.9 Å². The lowest BCUT2D eigenvalue weighted by molar-refractivity contribution is -0.124. The summed E-state index contributed by atoms with van der Waals surface area (Å²) in [5, 5.41) is 0.619. The molecule has 0 saturated carbocycles. The van der Waals surface area contributed by atoms with E-state index in [0.717, 1.165) is 5.56 Å². The second kappa shape index (κ2) is 7.79. The zero-order valence-corrected chi connectivity index (χ0v) is 13.8. The van der Waals surface area contributed by atoms with Crippen molar-refractivity contribution >= 4 is 23.4 Å². The Hall–Kier alpha value is -2.33. The monoisotopic (exact) mass is 330 g/mol. The lowest BCUT2D eigenvalue weighted by Crippen LogP contribution is -2.44. The van der Waals surface area contributed by atoms with Crippen molar-refractivity contribution in [3.8, 4) is 0 Å². The molecule has 0 radical (unpaired) electrons. The van der Waals surface area contributed by atoms with Crippen LogP contribution in [0.4, 0.5) is 0 Å². The number of carbonyl (C=O) groups excluding carboxylic acids is 2. The van der Waals surface area contributed by atoms with Crippen LogP contribution < -0.4 is 10.9 Å². The molecule has 0 saturated heterocycles. The van der Waals surface area contributed by atoms with Crippen LogP contribution in [-0.2, 0) is 4.79 Å². The number of nitrogens with one attached hydrogen (secondary N) is 2. The summed E-state index contributed by atoms with van der Waals surface area (Å²) in [4.78, 5) is 24.4. The van der Waals surface area contributed by atoms with E-state index in [0.29, 0.717) is 10.6 Å². The minimum absolute atomic E-state index is 0.0739. The van der Waals surface area contributed by atoms with E-state index in [-0.39, 0.29) is 23.7 Å². The highest BCUT2D eigenvalue weighted by molar-refractivity contribution is 6.30. The first kappa shape index (κ1) is 17.0. The summed E-state index contributed by atoms with van der Waals surface area (Å²) in [7, 11) is 0. The first-order valence-electron chi connectivity index (χ1n) is 7.39. The molecule has 2 rings (SSSR count). The lowest BCUT2D eigenvalue weighted by atomic mass is 9.88. The Morgan fingerprint density at radius 1 is 0.913 bits per heavy atom. The van der Waals surface area contributed by atoms with Gasteiger partial charge in [-0.3, -0.25) is 20.4 Å². The molecular weight excluding hydrogens is 312 g/mol. The molecule has 0 bridgehead atoms. The van der Waals surface area contributed by atoms with E-state index >= 15 is 0 Å². The van der Waals surface area contributed by atoms with E-state index in [1.165, 1.54) is 0 Å². The van der Waals surface area contributed by atoms with Crippen molar-refractivity contribution in [2.45, 2.75) is 19.8 Å². The third kappa shape index (κ3) is 4.57. The van der Waals surface area contributed by atoms with E-state index in [4.69, 9.17) is 11.6 Å². The number of rotatable bonds is 4. The third-order valence-corrected chi connectivity index (χ3v) is 3.77. The minimum Gasteiger partial charge on any atom is -0.273 e. The predicted molar refractivity (Wildman–Crippen MR) is 91.1 cm³/mol. The molecule has 2 aromatic carbocycles. The van der Waals surface area contributed by atoms with Crippen LogP contribution in [0.2, 0.25) is 5.02 Å². The van der Waals surface area contributed by atoms with Gasteiger partial charge in [0.25, 0.3) is 5.91 Å². The van der Waals surface area contributed by atoms with Crippen molar-refractivity contribution in [3.63, 3.8) is 0 Å². The molecule has 0 aromatic heterocycles. The van der Waals surface area contributed by atoms with Gasteiger partial charge in [-0.05, 0) is 35.7 Å². The van der Waals surface area contributed by atoms with Crippen LogP contribution in [0.5, 0.6) is 0 Å². The van der Waals surface area contributed by atoms with Crippen LogP contribution in [0.1, 0.15) is 35.7 Å². The predicted octanol–water partition coefficient (Wildman–Crippen LogP) is 3.54. The number of halogens is 1. The average Bonchev–Trinajstić information content (AvgIpc) is 2.55. The van der Waals surface area contributed by atoms with Gasteiger partial charge in [0.2, 0.25) is 5.91 Å². The topological polar surface area (TPSA) is 58.2 Å². The van der Waals surface area contributed by atoms with Crippen molar-refractivity contribution in [2.24, 2.45) is 5.92 Å². The summed E-state index contributed by atoms with van der Waals surface area (Å²) >= 11 is 5.89. The summed E-state index contributed by atoms with van der Waals surface area (Å²) in [5.41, 5.74) is 6.30. The van der Waals surface area contributed by atoms with E-state index in [1.807, 2.05) is 32.0 Å². The molecule has 0 aliphatic rings. The summed E-state index contributed by atoms with van der Waals surface area (Å²) in [5.74, 6) is -0.905. The van der Waals surface area contributed by atoms with E-state index in [1.54, 1.807) is 36.4 Å². The number of amides is 2. The number of carbonyl (C=O) groups is 2. The van der Waals surface area contributed by atoms with Crippen LogP contribution in [0, 0.1) is 5.92 Å². The molecule has 0 aliphatic carbocycles. The smallest absolute Gasteiger partial charge is 0.269 e. The zero-order chi connectivity index (χ0) is 16.8. The molecule has 0 heterocycles. The molecule has 0 fully saturated rings. The molecule has 0 spiro atoms. The van der Waals surface area contributed by atoms with Gasteiger partial charge in [-0.25, -0.2) is 0 Å². The van der Waals surface area contributed by atoms with Crippen LogP contribution in [0.15, 0.2) is 54.6 Å². The Kier molecular flexibility index (Phi) is 5.77. The maximum Gasteiger partial charge on any atom is 0.269 e. The largest absolute Gasteiger partial charge is 0.273 e. The quantitative estimate of drug-likeness (QED) is 0.842. The molecule has 2 amide bonds. The molecule has 1 atom stereocenters. The van der Waals surface area contributed by atoms with Crippen molar-refractivity contribution in [2.75, 3.05) is 0 Å². The molecule has 23 heavy (non-hydrogen) atoms. The van der Waals surface area contributed by atoms with E-state index in [9.17, 15) is 9.59 Å². The first-order valence-corrected chi connectivity index (χ1v) is 7.77. The van der Waals surface area contributed by atoms with Crippen LogP contribution >= 0.6 is 11.6 Å². The van der Waals surface area contributed by atoms with Gasteiger partial charge < -0.3 is 0 Å². The summed E-state index contributed by atoms with van der Waals surface area (Å²) < 4.78 is 0. The fourth-order valence-electron chi connectivity index (χ4n) is 2.37. The molecule has 0 unspecified atom stereocenters. The fourth-order valence-corrected chi connectivity index (χ4v) is 2.49. The van der Waals surface area contributed by atoms with Crippen LogP contribution in [0.25, 0.3) is 0 Å². The Balaban J connectivity index is 2.04. The fraction of sp³-hybridized carbons (Fsp3) is 0.222. The second-order valence-electron chi connectivity index (χ2n) is 5.58. The van der Waals surface area contributed by atoms with Crippen LogP contribution in [-0.4, -0.2) is 11.8 Å². The number of hydrogen-bond donors (Lipinski definition) is 2. The van der Waals surface area contributed by atoms with Gasteiger partial charge in [0.15, 0.2) is 0 Å². The molecule has 120 valence electrons. The summed E-state index contributed by atoms with van der Waals surface area (Å²) in [6, 6.07) is 15.9. The molecule has 5 heteroatoms. The highest BCUT2D eigenvalue weighted by Crippen LogP contribution is 2.25. The number of hydrogen-bond acceptors (Lipinski definition) is 2.